The van der Waals surface area contributed by atoms with Crippen molar-refractivity contribution in [3.63, 3.8) is 0 Å². The van der Waals surface area contributed by atoms with Crippen LogP contribution in [0.15, 0.2) is 18.2 Å². The highest BCUT2D eigenvalue weighted by Crippen LogP contribution is 2.28. The number of carbonyl (C=O) groups excluding carboxylic acids is 1. The minimum atomic E-state index is -0.664. The molecule has 0 spiro atoms. The Bertz CT molecular complexity index is 567. The number of likely N-dealkylation sites (tertiary alicyclic amines) is 1. The molecule has 1 saturated heterocycles. The fourth-order valence-corrected chi connectivity index (χ4v) is 2.85. The summed E-state index contributed by atoms with van der Waals surface area (Å²) in [7, 11) is 0. The van der Waals surface area contributed by atoms with Crippen LogP contribution in [0.1, 0.15) is 29.3 Å². The fraction of sp³-hybridized carbons (Fsp3) is 0.500. The second-order valence-corrected chi connectivity index (χ2v) is 5.58. The Morgan fingerprint density at radius 3 is 2.68 bits per heavy atom. The third-order valence-corrected chi connectivity index (χ3v) is 4.06. The first-order valence-electron chi connectivity index (χ1n) is 6.93. The van der Waals surface area contributed by atoms with Crippen molar-refractivity contribution in [1.82, 2.24) is 4.90 Å². The standard InChI is InChI=1S/C14H20N4O3.ClH/c1-9-4-10(6-15)7-17(9)8-12-3-2-11(14(16)19)5-13(12)18(20)21;/h2-3,5,9-10H,4,6-8,15H2,1H3,(H2,16,19);1H. The molecule has 4 N–H and O–H groups in total. The van der Waals surface area contributed by atoms with Gasteiger partial charge < -0.3 is 11.5 Å². The maximum atomic E-state index is 11.2. The van der Waals surface area contributed by atoms with E-state index in [1.807, 2.05) is 0 Å². The Kier molecular flexibility index (Phi) is 6.28. The molecule has 2 rings (SSSR count). The van der Waals surface area contributed by atoms with Crippen molar-refractivity contribution in [2.24, 2.45) is 17.4 Å². The molecule has 2 unspecified atom stereocenters. The smallest absolute Gasteiger partial charge is 0.274 e. The van der Waals surface area contributed by atoms with E-state index < -0.39 is 10.8 Å². The van der Waals surface area contributed by atoms with Crippen LogP contribution in [0, 0.1) is 16.0 Å². The summed E-state index contributed by atoms with van der Waals surface area (Å²) < 4.78 is 0. The second kappa shape index (κ2) is 7.53. The number of nitrogens with zero attached hydrogens (tertiary/aromatic N) is 2. The van der Waals surface area contributed by atoms with Gasteiger partial charge in [0.25, 0.3) is 5.69 Å². The highest BCUT2D eigenvalue weighted by Gasteiger charge is 2.29. The topological polar surface area (TPSA) is 115 Å². The molecule has 1 aromatic carbocycles. The molecule has 0 bridgehead atoms. The molecule has 122 valence electrons. The van der Waals surface area contributed by atoms with Gasteiger partial charge >= 0.3 is 0 Å². The Labute approximate surface area is 135 Å². The summed E-state index contributed by atoms with van der Waals surface area (Å²) in [5, 5.41) is 11.2. The summed E-state index contributed by atoms with van der Waals surface area (Å²) in [6.45, 7) is 4.04. The van der Waals surface area contributed by atoms with E-state index in [1.165, 1.54) is 12.1 Å². The number of halogens is 1. The molecule has 1 heterocycles. The van der Waals surface area contributed by atoms with E-state index in [4.69, 9.17) is 11.5 Å². The number of hydrogen-bond acceptors (Lipinski definition) is 5. The third kappa shape index (κ3) is 3.94. The van der Waals surface area contributed by atoms with Crippen molar-refractivity contribution >= 4 is 24.0 Å². The summed E-state index contributed by atoms with van der Waals surface area (Å²) in [5.74, 6) is -0.230. The van der Waals surface area contributed by atoms with Gasteiger partial charge in [0.05, 0.1) is 4.92 Å². The van der Waals surface area contributed by atoms with Gasteiger partial charge in [-0.05, 0) is 31.9 Å². The second-order valence-electron chi connectivity index (χ2n) is 5.58. The highest BCUT2D eigenvalue weighted by molar-refractivity contribution is 5.93. The number of nitro benzene ring substituents is 1. The van der Waals surface area contributed by atoms with Crippen LogP contribution in [0.2, 0.25) is 0 Å². The highest BCUT2D eigenvalue weighted by atomic mass is 35.5. The number of benzene rings is 1. The Morgan fingerprint density at radius 2 is 2.18 bits per heavy atom. The average molecular weight is 329 g/mol. The molecule has 1 aliphatic rings. The number of nitrogens with two attached hydrogens (primary N) is 2. The average Bonchev–Trinajstić information content (AvgIpc) is 2.79. The van der Waals surface area contributed by atoms with Gasteiger partial charge in [-0.15, -0.1) is 12.4 Å². The van der Waals surface area contributed by atoms with Crippen molar-refractivity contribution in [3.05, 3.63) is 39.4 Å². The zero-order valence-corrected chi connectivity index (χ0v) is 13.2. The molecule has 1 amide bonds. The maximum Gasteiger partial charge on any atom is 0.274 e. The lowest BCUT2D eigenvalue weighted by atomic mass is 10.1. The van der Waals surface area contributed by atoms with Crippen molar-refractivity contribution in [1.29, 1.82) is 0 Å². The van der Waals surface area contributed by atoms with Gasteiger partial charge in [0.2, 0.25) is 5.91 Å². The predicted octanol–water partition coefficient (Wildman–Crippen LogP) is 1.28. The zero-order valence-electron chi connectivity index (χ0n) is 12.4. The first-order valence-corrected chi connectivity index (χ1v) is 6.93. The van der Waals surface area contributed by atoms with Crippen LogP contribution in [0.3, 0.4) is 0 Å². The first kappa shape index (κ1) is 18.3. The van der Waals surface area contributed by atoms with Crippen LogP contribution in [-0.4, -0.2) is 34.9 Å². The number of primary amides is 1. The van der Waals surface area contributed by atoms with Crippen LogP contribution in [0.4, 0.5) is 5.69 Å². The molecule has 0 aromatic heterocycles. The number of amides is 1. The van der Waals surface area contributed by atoms with Crippen molar-refractivity contribution in [2.75, 3.05) is 13.1 Å². The summed E-state index contributed by atoms with van der Waals surface area (Å²) in [5.41, 5.74) is 11.5. The SMILES string of the molecule is CC1CC(CN)CN1Cc1ccc(C(N)=O)cc1[N+](=O)[O-].Cl. The molecule has 1 aromatic rings. The van der Waals surface area contributed by atoms with E-state index in [9.17, 15) is 14.9 Å². The van der Waals surface area contributed by atoms with E-state index in [1.54, 1.807) is 6.07 Å². The van der Waals surface area contributed by atoms with Gasteiger partial charge in [0.15, 0.2) is 0 Å². The first-order chi connectivity index (χ1) is 9.92. The van der Waals surface area contributed by atoms with Crippen LogP contribution >= 0.6 is 12.4 Å². The van der Waals surface area contributed by atoms with Gasteiger partial charge in [0, 0.05) is 36.3 Å². The Hall–Kier alpha value is -1.70. The maximum absolute atomic E-state index is 11.2. The lowest BCUT2D eigenvalue weighted by Crippen LogP contribution is -2.27. The Morgan fingerprint density at radius 1 is 1.50 bits per heavy atom. The fourth-order valence-electron chi connectivity index (χ4n) is 2.85. The summed E-state index contributed by atoms with van der Waals surface area (Å²) in [6.07, 6.45) is 1.00. The molecule has 8 heteroatoms. The largest absolute Gasteiger partial charge is 0.366 e. The van der Waals surface area contributed by atoms with Gasteiger partial charge in [-0.1, -0.05) is 6.07 Å². The van der Waals surface area contributed by atoms with Gasteiger partial charge in [-0.2, -0.15) is 0 Å². The van der Waals surface area contributed by atoms with Crippen molar-refractivity contribution < 1.29 is 9.72 Å². The number of hydrogen-bond donors (Lipinski definition) is 2. The Balaban J connectivity index is 0.00000242. The van der Waals surface area contributed by atoms with Crippen LogP contribution in [0.25, 0.3) is 0 Å². The minimum Gasteiger partial charge on any atom is -0.366 e. The summed E-state index contributed by atoms with van der Waals surface area (Å²) >= 11 is 0. The molecule has 0 radical (unpaired) electrons. The van der Waals surface area contributed by atoms with Gasteiger partial charge in [0.1, 0.15) is 0 Å². The van der Waals surface area contributed by atoms with E-state index >= 15 is 0 Å². The molecule has 0 saturated carbocycles. The van der Waals surface area contributed by atoms with Crippen molar-refractivity contribution in [2.45, 2.75) is 25.9 Å². The normalized spacial score (nSPS) is 21.4. The number of nitro groups is 1. The molecule has 1 fully saturated rings. The molecule has 0 aliphatic carbocycles. The minimum absolute atomic E-state index is 0. The molecular formula is C14H21ClN4O3. The molecular weight excluding hydrogens is 308 g/mol. The molecule has 22 heavy (non-hydrogen) atoms. The third-order valence-electron chi connectivity index (χ3n) is 4.06. The lowest BCUT2D eigenvalue weighted by Gasteiger charge is -2.21. The van der Waals surface area contributed by atoms with E-state index in [2.05, 4.69) is 11.8 Å². The predicted molar refractivity (Wildman–Crippen MR) is 85.9 cm³/mol. The number of carbonyl (C=O) groups is 1. The number of rotatable bonds is 5. The summed E-state index contributed by atoms with van der Waals surface area (Å²) in [4.78, 5) is 24.0. The van der Waals surface area contributed by atoms with E-state index in [0.717, 1.165) is 13.0 Å². The summed E-state index contributed by atoms with van der Waals surface area (Å²) in [6, 6.07) is 4.74. The van der Waals surface area contributed by atoms with Crippen LogP contribution in [0.5, 0.6) is 0 Å². The monoisotopic (exact) mass is 328 g/mol. The zero-order chi connectivity index (χ0) is 15.6. The molecule has 7 nitrogen and oxygen atoms in total. The molecule has 1 aliphatic heterocycles. The van der Waals surface area contributed by atoms with Gasteiger partial charge in [-0.25, -0.2) is 0 Å². The van der Waals surface area contributed by atoms with E-state index in [0.29, 0.717) is 30.6 Å². The quantitative estimate of drug-likeness (QED) is 0.624. The lowest BCUT2D eigenvalue weighted by molar-refractivity contribution is -0.385. The van der Waals surface area contributed by atoms with Crippen LogP contribution < -0.4 is 11.5 Å². The molecule has 2 atom stereocenters. The van der Waals surface area contributed by atoms with Gasteiger partial charge in [-0.3, -0.25) is 19.8 Å². The van der Waals surface area contributed by atoms with Crippen LogP contribution in [-0.2, 0) is 6.54 Å². The van der Waals surface area contributed by atoms with Crippen molar-refractivity contribution in [3.8, 4) is 0 Å². The van der Waals surface area contributed by atoms with E-state index in [-0.39, 0.29) is 23.7 Å².